The average Bonchev–Trinajstić information content (AvgIpc) is 1.59. The number of hydrogen-bond acceptors (Lipinski definition) is 27. The zero-order valence-corrected chi connectivity index (χ0v) is 56.3. The Morgan fingerprint density at radius 1 is 0.888 bits per heavy atom. The van der Waals surface area contributed by atoms with Gasteiger partial charge in [0.2, 0.25) is 11.8 Å². The third-order valence-electron chi connectivity index (χ3n) is 19.5. The molecule has 7 heterocycles. The SMILES string of the molecule is C=CC1=C(C)C2=NC1=CC1=NC(=CC3=C(C)C4=C(O)C(C(=O)OC)C(=C5NC(=C2)C(C)C5CCC(=O)NC(CCCCNC(O)C(O)C(OC2OC(CO)C(O)C(OC5(C(=O)O)CC(O)C(CC(C)=O)C([C@H](O)C(O)CO)O5)C2O)C(O)CO)C(=O)NCCCC)C4=N3)C(CC)=C1C. The van der Waals surface area contributed by atoms with Gasteiger partial charge in [-0.15, -0.1) is 0 Å². The number of aliphatic carboxylic acids is 1. The number of unbranched alkanes of at least 4 members (excludes halogenated alkanes) is 2. The number of rotatable bonds is 32. The summed E-state index contributed by atoms with van der Waals surface area (Å²) >= 11 is 0. The quantitative estimate of drug-likeness (QED) is 0.0233. The number of carboxylic acids is 1. The van der Waals surface area contributed by atoms with E-state index < -0.39 is 171 Å². The molecule has 18 unspecified atom stereocenters. The number of hydrogen-bond donors (Lipinski definition) is 17. The molecule has 19 atom stereocenters. The van der Waals surface area contributed by atoms with Crippen LogP contribution in [0.15, 0.2) is 119 Å². The van der Waals surface area contributed by atoms with Crippen molar-refractivity contribution in [2.45, 2.75) is 204 Å². The summed E-state index contributed by atoms with van der Waals surface area (Å²) in [6, 6.07) is -1.06. The van der Waals surface area contributed by atoms with Crippen molar-refractivity contribution < 1.29 is 114 Å². The number of amides is 2. The van der Waals surface area contributed by atoms with E-state index in [1.165, 1.54) is 7.11 Å². The molecule has 1 aliphatic carbocycles. The number of aliphatic hydroxyl groups excluding tert-OH is 12. The fourth-order valence-electron chi connectivity index (χ4n) is 13.8. The van der Waals surface area contributed by atoms with Crippen LogP contribution in [0.4, 0.5) is 0 Å². The summed E-state index contributed by atoms with van der Waals surface area (Å²) in [6.45, 7) is 14.0. The highest BCUT2D eigenvalue weighted by Crippen LogP contribution is 2.50. The molecule has 98 heavy (non-hydrogen) atoms. The smallest absolute Gasteiger partial charge is 0.364 e. The molecule has 30 heteroatoms. The number of aliphatic hydroxyl groups is 12. The molecule has 540 valence electrons. The molecular weight excluding hydrogens is 1280 g/mol. The van der Waals surface area contributed by atoms with E-state index in [-0.39, 0.29) is 50.3 Å². The number of carboxylic acid groups (broad SMARTS) is 1. The molecule has 3 fully saturated rings. The standard InChI is InChI=1S/C68H95N7O23/c1-10-13-19-69-63(89)38(16-14-15-20-70-64(90)58(87)61(47(82)27-77)96-66-59(88)62(56(85)48(28-78)95-66)98-68(67(92)93)25-45(80)37(21-29(4)79)60(97-68)55(84)46(81)26-76)73-49(83)18-17-36-32(7)41-22-39-30(5)34(11-2)43(71-39)23-40-31(6)35(12-3)44(72-40)24-42-33(8)50-54(75-42)51(53(36)74-41)52(57(50)86)65(91)94-9/h11,22-24,32,36-38,45-48,52,55-56,58-62,64,66,70,74,76-78,80-82,84-88,90H,2,10,12-21,25-28H2,1,3-9H3,(H,69,89)(H,73,83)(H,92,93)/t32?,36?,37?,38?,45?,46?,47?,48?,52?,55-,56?,58?,59?,60?,61?,62?,64?,66?,68?/m1/s1. The molecule has 30 nitrogen and oxygen atoms in total. The Balaban J connectivity index is 0.964. The maximum absolute atomic E-state index is 14.3. The summed E-state index contributed by atoms with van der Waals surface area (Å²) in [5.74, 6) is -11.0. The van der Waals surface area contributed by atoms with Gasteiger partial charge in [0.25, 0.3) is 5.79 Å². The third kappa shape index (κ3) is 16.0. The molecule has 8 bridgehead atoms. The average molecular weight is 1380 g/mol. The van der Waals surface area contributed by atoms with Crippen LogP contribution in [0.5, 0.6) is 0 Å². The highest BCUT2D eigenvalue weighted by molar-refractivity contribution is 6.24. The van der Waals surface area contributed by atoms with Gasteiger partial charge in [-0.1, -0.05) is 39.8 Å². The predicted molar refractivity (Wildman–Crippen MR) is 350 cm³/mol. The molecule has 0 aromatic rings. The molecule has 3 saturated heterocycles. The first-order valence-corrected chi connectivity index (χ1v) is 33.2. The van der Waals surface area contributed by atoms with Gasteiger partial charge in [0.1, 0.15) is 84.7 Å². The van der Waals surface area contributed by atoms with Crippen LogP contribution >= 0.6 is 0 Å². The number of fused-ring (bicyclic) bond motifs is 5. The van der Waals surface area contributed by atoms with Crippen molar-refractivity contribution in [3.63, 3.8) is 0 Å². The minimum atomic E-state index is -3.11. The van der Waals surface area contributed by atoms with Crippen LogP contribution in [0.3, 0.4) is 0 Å². The highest BCUT2D eigenvalue weighted by atomic mass is 16.8. The van der Waals surface area contributed by atoms with Gasteiger partial charge in [-0.25, -0.2) is 19.8 Å². The Morgan fingerprint density at radius 2 is 1.58 bits per heavy atom. The first-order chi connectivity index (χ1) is 46.5. The maximum atomic E-state index is 14.3. The number of Topliss-reactive ketones (excluding diaryl/α,β-unsaturated/α-hetero) is 1. The second kappa shape index (κ2) is 33.1. The van der Waals surface area contributed by atoms with Crippen molar-refractivity contribution in [1.29, 1.82) is 0 Å². The summed E-state index contributed by atoms with van der Waals surface area (Å²) < 4.78 is 28.1. The number of carbonyl (C=O) groups is 5. The topological polar surface area (TPSA) is 480 Å². The summed E-state index contributed by atoms with van der Waals surface area (Å²) in [5, 5.41) is 154. The maximum Gasteiger partial charge on any atom is 0.364 e. The molecule has 8 aliphatic rings. The predicted octanol–water partition coefficient (Wildman–Crippen LogP) is -0.334. The number of methoxy groups -OCH3 is 1. The number of aliphatic imine (C=N–C) groups is 3. The van der Waals surface area contributed by atoms with Crippen LogP contribution in [0.2, 0.25) is 0 Å². The lowest BCUT2D eigenvalue weighted by Crippen LogP contribution is -2.68. The van der Waals surface area contributed by atoms with Crippen LogP contribution < -0.4 is 21.3 Å². The van der Waals surface area contributed by atoms with Gasteiger partial charge in [0.05, 0.1) is 73.4 Å². The summed E-state index contributed by atoms with van der Waals surface area (Å²) in [6.07, 6.45) is -18.3. The van der Waals surface area contributed by atoms with Gasteiger partial charge in [-0.2, -0.15) is 0 Å². The summed E-state index contributed by atoms with van der Waals surface area (Å²) in [4.78, 5) is 82.6. The minimum absolute atomic E-state index is 0.0809. The molecule has 0 saturated carbocycles. The van der Waals surface area contributed by atoms with Crippen LogP contribution in [-0.2, 0) is 47.7 Å². The van der Waals surface area contributed by atoms with Gasteiger partial charge in [-0.05, 0) is 113 Å². The number of esters is 1. The Hall–Kier alpha value is -6.82. The van der Waals surface area contributed by atoms with E-state index in [9.17, 15) is 90.4 Å². The van der Waals surface area contributed by atoms with Gasteiger partial charge < -0.3 is 111 Å². The van der Waals surface area contributed by atoms with Gasteiger partial charge >= 0.3 is 11.9 Å². The lowest BCUT2D eigenvalue weighted by atomic mass is 9.80. The van der Waals surface area contributed by atoms with Crippen molar-refractivity contribution in [3.05, 3.63) is 104 Å². The highest BCUT2D eigenvalue weighted by Gasteiger charge is 2.60. The van der Waals surface area contributed by atoms with Gasteiger partial charge in [0.15, 0.2) is 6.29 Å². The molecule has 0 aromatic heterocycles. The molecule has 7 aliphatic heterocycles. The Morgan fingerprint density at radius 3 is 2.21 bits per heavy atom. The first kappa shape index (κ1) is 76.9. The normalized spacial score (nSPS) is 29.8. The molecular formula is C68H95N7O23. The van der Waals surface area contributed by atoms with Crippen LogP contribution in [0.25, 0.3) is 0 Å². The largest absolute Gasteiger partial charge is 0.510 e. The monoisotopic (exact) mass is 1380 g/mol. The van der Waals surface area contributed by atoms with Crippen molar-refractivity contribution in [2.75, 3.05) is 40.0 Å². The van der Waals surface area contributed by atoms with Crippen LogP contribution in [-0.4, -0.2) is 245 Å². The molecule has 2 amide bonds. The lowest BCUT2D eigenvalue weighted by molar-refractivity contribution is -0.380. The molecule has 17 N–H and O–H groups in total. The van der Waals surface area contributed by atoms with E-state index in [4.69, 9.17) is 38.7 Å². The molecule has 0 spiro atoms. The first-order valence-electron chi connectivity index (χ1n) is 33.2. The van der Waals surface area contributed by atoms with E-state index in [0.29, 0.717) is 76.0 Å². The van der Waals surface area contributed by atoms with Crippen molar-refractivity contribution in [3.8, 4) is 0 Å². The fraction of sp³-hybridized carbons (Fsp3) is 0.618. The molecule has 8 rings (SSSR count). The number of allylic oxidation sites excluding steroid dienone is 11. The molecule has 0 aromatic carbocycles. The lowest BCUT2D eigenvalue weighted by Gasteiger charge is -2.50. The van der Waals surface area contributed by atoms with Crippen LogP contribution in [0.1, 0.15) is 113 Å². The Bertz CT molecular complexity index is 3440. The van der Waals surface area contributed by atoms with Gasteiger partial charge in [0, 0.05) is 71.7 Å². The van der Waals surface area contributed by atoms with E-state index in [2.05, 4.69) is 27.8 Å². The zero-order chi connectivity index (χ0) is 71.9. The number of ketones is 1. The van der Waals surface area contributed by atoms with E-state index in [1.54, 1.807) is 6.08 Å². The van der Waals surface area contributed by atoms with Crippen LogP contribution in [0, 0.1) is 23.7 Å². The van der Waals surface area contributed by atoms with Gasteiger partial charge in [-0.3, -0.25) is 19.7 Å². The third-order valence-corrected chi connectivity index (χ3v) is 19.5. The van der Waals surface area contributed by atoms with E-state index in [1.807, 2.05) is 59.8 Å². The zero-order valence-electron chi connectivity index (χ0n) is 56.3. The van der Waals surface area contributed by atoms with E-state index in [0.717, 1.165) is 41.3 Å². The van der Waals surface area contributed by atoms with Crippen molar-refractivity contribution in [1.82, 2.24) is 21.3 Å². The summed E-state index contributed by atoms with van der Waals surface area (Å²) in [5.41, 5.74) is 10.0. The Labute approximate surface area is 567 Å². The Kier molecular flexibility index (Phi) is 26.0. The number of nitrogens with one attached hydrogen (secondary N) is 4. The number of nitrogens with zero attached hydrogens (tertiary/aromatic N) is 3. The number of carbonyl (C=O) groups excluding carboxylic acids is 4. The van der Waals surface area contributed by atoms with E-state index >= 15 is 0 Å². The van der Waals surface area contributed by atoms with Crippen molar-refractivity contribution >= 4 is 46.7 Å². The second-order valence-electron chi connectivity index (χ2n) is 25.9. The second-order valence-corrected chi connectivity index (χ2v) is 25.9. The summed E-state index contributed by atoms with van der Waals surface area (Å²) in [7, 11) is 1.24. The van der Waals surface area contributed by atoms with Crippen molar-refractivity contribution in [2.24, 2.45) is 38.6 Å². The number of ether oxygens (including phenoxy) is 5. The minimum Gasteiger partial charge on any atom is -0.510 e. The fourth-order valence-corrected chi connectivity index (χ4v) is 13.8. The molecule has 0 radical (unpaired) electrons.